The summed E-state index contributed by atoms with van der Waals surface area (Å²) in [6, 6.07) is 8.93. The van der Waals surface area contributed by atoms with E-state index in [0.29, 0.717) is 0 Å². The standard InChI is InChI=1S/C16H11ClF3NO2/c1-9(22)11-4-2-3-5-12(11)15(23)21-14-7-6-10(17)8-13(14)16(18,19)20/h2-8H,1H3,(H,21,23). The molecule has 120 valence electrons. The highest BCUT2D eigenvalue weighted by molar-refractivity contribution is 6.30. The number of hydrogen-bond acceptors (Lipinski definition) is 2. The van der Waals surface area contributed by atoms with Gasteiger partial charge in [0.15, 0.2) is 5.78 Å². The molecule has 2 rings (SSSR count). The average molecular weight is 342 g/mol. The van der Waals surface area contributed by atoms with Gasteiger partial charge in [-0.1, -0.05) is 29.8 Å². The fourth-order valence-corrected chi connectivity index (χ4v) is 2.21. The van der Waals surface area contributed by atoms with Crippen molar-refractivity contribution >= 4 is 29.0 Å². The van der Waals surface area contributed by atoms with Crippen molar-refractivity contribution in [2.75, 3.05) is 5.32 Å². The number of Topliss-reactive ketones (excluding diaryl/α,β-unsaturated/α-hetero) is 1. The number of carbonyl (C=O) groups is 2. The number of carbonyl (C=O) groups excluding carboxylic acids is 2. The van der Waals surface area contributed by atoms with Gasteiger partial charge in [-0.3, -0.25) is 9.59 Å². The Labute approximate surface area is 135 Å². The Kier molecular flexibility index (Phi) is 4.75. The van der Waals surface area contributed by atoms with Crippen molar-refractivity contribution in [3.8, 4) is 0 Å². The Balaban J connectivity index is 2.41. The van der Waals surface area contributed by atoms with Crippen LogP contribution in [0.15, 0.2) is 42.5 Å². The number of alkyl halides is 3. The number of ketones is 1. The van der Waals surface area contributed by atoms with Gasteiger partial charge >= 0.3 is 6.18 Å². The van der Waals surface area contributed by atoms with E-state index < -0.39 is 23.3 Å². The number of hydrogen-bond donors (Lipinski definition) is 1. The molecule has 1 amide bonds. The van der Waals surface area contributed by atoms with Gasteiger partial charge in [-0.05, 0) is 31.2 Å². The molecule has 0 saturated heterocycles. The van der Waals surface area contributed by atoms with E-state index in [2.05, 4.69) is 5.32 Å². The van der Waals surface area contributed by atoms with Crippen LogP contribution < -0.4 is 5.32 Å². The summed E-state index contributed by atoms with van der Waals surface area (Å²) >= 11 is 5.59. The highest BCUT2D eigenvalue weighted by atomic mass is 35.5. The van der Waals surface area contributed by atoms with E-state index in [-0.39, 0.29) is 21.9 Å². The second kappa shape index (κ2) is 6.42. The molecule has 0 spiro atoms. The molecule has 0 radical (unpaired) electrons. The first kappa shape index (κ1) is 17.0. The summed E-state index contributed by atoms with van der Waals surface area (Å²) in [5, 5.41) is 2.09. The summed E-state index contributed by atoms with van der Waals surface area (Å²) in [6.45, 7) is 1.27. The van der Waals surface area contributed by atoms with E-state index >= 15 is 0 Å². The van der Waals surface area contributed by atoms with Crippen LogP contribution in [0.25, 0.3) is 0 Å². The molecule has 0 unspecified atom stereocenters. The van der Waals surface area contributed by atoms with Crippen LogP contribution in [0.4, 0.5) is 18.9 Å². The second-order valence-corrected chi connectivity index (χ2v) is 5.18. The van der Waals surface area contributed by atoms with Gasteiger partial charge in [-0.25, -0.2) is 0 Å². The van der Waals surface area contributed by atoms with Crippen LogP contribution in [-0.4, -0.2) is 11.7 Å². The normalized spacial score (nSPS) is 11.2. The summed E-state index contributed by atoms with van der Waals surface area (Å²) in [5.74, 6) is -1.16. The Hall–Kier alpha value is -2.34. The van der Waals surface area contributed by atoms with Gasteiger partial charge in [-0.15, -0.1) is 0 Å². The molecule has 0 heterocycles. The quantitative estimate of drug-likeness (QED) is 0.814. The monoisotopic (exact) mass is 341 g/mol. The lowest BCUT2D eigenvalue weighted by molar-refractivity contribution is -0.136. The number of rotatable bonds is 3. The number of halogens is 4. The molecule has 23 heavy (non-hydrogen) atoms. The van der Waals surface area contributed by atoms with Gasteiger partial charge in [0.25, 0.3) is 5.91 Å². The topological polar surface area (TPSA) is 46.2 Å². The van der Waals surface area contributed by atoms with Crippen LogP contribution in [0.2, 0.25) is 5.02 Å². The van der Waals surface area contributed by atoms with Crippen LogP contribution in [0.3, 0.4) is 0 Å². The minimum atomic E-state index is -4.67. The number of benzene rings is 2. The number of anilines is 1. The Morgan fingerprint density at radius 2 is 1.65 bits per heavy atom. The maximum Gasteiger partial charge on any atom is 0.418 e. The van der Waals surface area contributed by atoms with Crippen LogP contribution in [0, 0.1) is 0 Å². The van der Waals surface area contributed by atoms with Gasteiger partial charge in [0.05, 0.1) is 16.8 Å². The maximum absolute atomic E-state index is 13.0. The smallest absolute Gasteiger partial charge is 0.321 e. The molecule has 0 bridgehead atoms. The Morgan fingerprint density at radius 3 is 2.22 bits per heavy atom. The highest BCUT2D eigenvalue weighted by Crippen LogP contribution is 2.36. The van der Waals surface area contributed by atoms with Crippen LogP contribution in [0.5, 0.6) is 0 Å². The lowest BCUT2D eigenvalue weighted by Gasteiger charge is -2.15. The SMILES string of the molecule is CC(=O)c1ccccc1C(=O)Nc1ccc(Cl)cc1C(F)(F)F. The van der Waals surface area contributed by atoms with Crippen molar-refractivity contribution in [3.63, 3.8) is 0 Å². The maximum atomic E-state index is 13.0. The predicted molar refractivity (Wildman–Crippen MR) is 80.9 cm³/mol. The molecule has 0 saturated carbocycles. The number of nitrogens with one attached hydrogen (secondary N) is 1. The molecule has 0 aliphatic heterocycles. The Bertz CT molecular complexity index is 772. The predicted octanol–water partition coefficient (Wildman–Crippen LogP) is 4.81. The molecule has 0 aromatic heterocycles. The van der Waals surface area contributed by atoms with Gasteiger partial charge in [-0.2, -0.15) is 13.2 Å². The zero-order valence-corrected chi connectivity index (χ0v) is 12.6. The first-order valence-corrected chi connectivity index (χ1v) is 6.86. The zero-order valence-electron chi connectivity index (χ0n) is 11.9. The summed E-state index contributed by atoms with van der Waals surface area (Å²) in [7, 11) is 0. The van der Waals surface area contributed by atoms with Crippen molar-refractivity contribution in [1.29, 1.82) is 0 Å². The first-order chi connectivity index (χ1) is 10.7. The summed E-state index contributed by atoms with van der Waals surface area (Å²) in [4.78, 5) is 23.8. The largest absolute Gasteiger partial charge is 0.418 e. The molecular weight excluding hydrogens is 331 g/mol. The molecule has 0 fully saturated rings. The van der Waals surface area contributed by atoms with Gasteiger partial charge in [0.2, 0.25) is 0 Å². The highest BCUT2D eigenvalue weighted by Gasteiger charge is 2.34. The summed E-state index contributed by atoms with van der Waals surface area (Å²) in [6.07, 6.45) is -4.67. The fourth-order valence-electron chi connectivity index (χ4n) is 2.04. The van der Waals surface area contributed by atoms with E-state index in [1.54, 1.807) is 6.07 Å². The molecule has 0 aliphatic rings. The van der Waals surface area contributed by atoms with Gasteiger partial charge in [0, 0.05) is 10.6 Å². The fraction of sp³-hybridized carbons (Fsp3) is 0.125. The number of amides is 1. The summed E-state index contributed by atoms with van der Waals surface area (Å²) in [5.41, 5.74) is -1.35. The van der Waals surface area contributed by atoms with Crippen LogP contribution >= 0.6 is 11.6 Å². The molecule has 7 heteroatoms. The van der Waals surface area contributed by atoms with E-state index in [9.17, 15) is 22.8 Å². The molecule has 3 nitrogen and oxygen atoms in total. The van der Waals surface area contributed by atoms with Crippen molar-refractivity contribution < 1.29 is 22.8 Å². The van der Waals surface area contributed by atoms with Crippen LogP contribution in [-0.2, 0) is 6.18 Å². The lowest BCUT2D eigenvalue weighted by atomic mass is 10.0. The minimum absolute atomic E-state index is 0.00285. The van der Waals surface area contributed by atoms with Crippen molar-refractivity contribution in [2.24, 2.45) is 0 Å². The third-order valence-corrected chi connectivity index (χ3v) is 3.32. The van der Waals surface area contributed by atoms with Crippen molar-refractivity contribution in [3.05, 3.63) is 64.2 Å². The second-order valence-electron chi connectivity index (χ2n) is 4.74. The van der Waals surface area contributed by atoms with Crippen LogP contribution in [0.1, 0.15) is 33.2 Å². The van der Waals surface area contributed by atoms with E-state index in [0.717, 1.165) is 12.1 Å². The molecule has 2 aromatic carbocycles. The minimum Gasteiger partial charge on any atom is -0.321 e. The lowest BCUT2D eigenvalue weighted by Crippen LogP contribution is -2.18. The molecule has 2 aromatic rings. The van der Waals surface area contributed by atoms with E-state index in [4.69, 9.17) is 11.6 Å². The summed E-state index contributed by atoms with van der Waals surface area (Å²) < 4.78 is 39.1. The molecule has 0 aliphatic carbocycles. The van der Waals surface area contributed by atoms with E-state index in [1.165, 1.54) is 31.2 Å². The molecule has 0 atom stereocenters. The van der Waals surface area contributed by atoms with Crippen molar-refractivity contribution in [1.82, 2.24) is 0 Å². The first-order valence-electron chi connectivity index (χ1n) is 6.48. The van der Waals surface area contributed by atoms with Gasteiger partial charge in [0.1, 0.15) is 0 Å². The third kappa shape index (κ3) is 3.90. The molecular formula is C16H11ClF3NO2. The zero-order chi connectivity index (χ0) is 17.2. The third-order valence-electron chi connectivity index (χ3n) is 3.09. The van der Waals surface area contributed by atoms with E-state index in [1.807, 2.05) is 0 Å². The molecule has 1 N–H and O–H groups in total. The van der Waals surface area contributed by atoms with Crippen molar-refractivity contribution in [2.45, 2.75) is 13.1 Å². The van der Waals surface area contributed by atoms with Gasteiger partial charge < -0.3 is 5.32 Å². The average Bonchev–Trinajstić information content (AvgIpc) is 2.48. The Morgan fingerprint density at radius 1 is 1.04 bits per heavy atom.